The lowest BCUT2D eigenvalue weighted by Gasteiger charge is -2.19. The summed E-state index contributed by atoms with van der Waals surface area (Å²) in [6.07, 6.45) is 5.15. The predicted molar refractivity (Wildman–Crippen MR) is 75.7 cm³/mol. The van der Waals surface area contributed by atoms with E-state index in [4.69, 9.17) is 29.6 Å². The maximum atomic E-state index is 12.4. The fraction of sp³-hybridized carbons (Fsp3) is 0.333. The second-order valence-corrected chi connectivity index (χ2v) is 6.32. The maximum Gasteiger partial charge on any atom is 0.245 e. The molecular formula is C12H13Cl2NO3S. The Kier molecular flexibility index (Phi) is 5.65. The number of benzene rings is 1. The molecule has 1 N–H and O–H groups in total. The van der Waals surface area contributed by atoms with E-state index in [1.807, 2.05) is 0 Å². The molecule has 0 radical (unpaired) electrons. The van der Waals surface area contributed by atoms with Crippen molar-refractivity contribution < 1.29 is 13.5 Å². The molecule has 104 valence electrons. The summed E-state index contributed by atoms with van der Waals surface area (Å²) in [7, 11) is -3.80. The number of aliphatic hydroxyl groups is 1. The van der Waals surface area contributed by atoms with Crippen LogP contribution in [0.1, 0.15) is 12.5 Å². The van der Waals surface area contributed by atoms with Crippen LogP contribution in [-0.2, 0) is 16.6 Å². The highest BCUT2D eigenvalue weighted by Gasteiger charge is 2.26. The van der Waals surface area contributed by atoms with E-state index < -0.39 is 16.6 Å². The van der Waals surface area contributed by atoms with Crippen LogP contribution >= 0.6 is 23.2 Å². The van der Waals surface area contributed by atoms with Gasteiger partial charge >= 0.3 is 0 Å². The third-order valence-electron chi connectivity index (χ3n) is 2.55. The fourth-order valence-electron chi connectivity index (χ4n) is 1.53. The monoisotopic (exact) mass is 321 g/mol. The number of sulfonamides is 1. The molecule has 0 amide bonds. The van der Waals surface area contributed by atoms with E-state index in [-0.39, 0.29) is 33.6 Å². The number of hydrogen-bond acceptors (Lipinski definition) is 3. The van der Waals surface area contributed by atoms with Gasteiger partial charge in [0.15, 0.2) is 0 Å². The van der Waals surface area contributed by atoms with Crippen molar-refractivity contribution in [2.75, 3.05) is 13.1 Å². The number of aliphatic hydroxyl groups excluding tert-OH is 1. The summed E-state index contributed by atoms with van der Waals surface area (Å²) in [5.41, 5.74) is 0.182. The number of hydrogen-bond donors (Lipinski definition) is 1. The van der Waals surface area contributed by atoms with Crippen molar-refractivity contribution in [1.82, 2.24) is 4.31 Å². The van der Waals surface area contributed by atoms with Crippen molar-refractivity contribution in [1.29, 1.82) is 0 Å². The standard InChI is InChI=1S/C12H13Cl2NO3S/c1-3-7-15(4-2)19(17,18)11-6-5-10(13)9(8-16)12(11)14/h1,5-6,16H,4,7-8H2,2H3. The lowest BCUT2D eigenvalue weighted by Crippen LogP contribution is -2.31. The maximum absolute atomic E-state index is 12.4. The average molecular weight is 322 g/mol. The molecule has 1 aromatic rings. The first-order valence-corrected chi connectivity index (χ1v) is 7.61. The zero-order chi connectivity index (χ0) is 14.6. The first-order valence-electron chi connectivity index (χ1n) is 5.41. The molecule has 0 bridgehead atoms. The van der Waals surface area contributed by atoms with Gasteiger partial charge in [-0.25, -0.2) is 8.42 Å². The Hall–Kier alpha value is -0.770. The molecule has 7 heteroatoms. The number of halogens is 2. The Morgan fingerprint density at radius 1 is 1.42 bits per heavy atom. The molecule has 0 spiro atoms. The molecule has 0 saturated heterocycles. The van der Waals surface area contributed by atoms with Crippen LogP contribution in [0.25, 0.3) is 0 Å². The van der Waals surface area contributed by atoms with Crippen molar-refractivity contribution >= 4 is 33.2 Å². The number of terminal acetylenes is 1. The van der Waals surface area contributed by atoms with Crippen molar-refractivity contribution in [2.24, 2.45) is 0 Å². The smallest absolute Gasteiger partial charge is 0.245 e. The predicted octanol–water partition coefficient (Wildman–Crippen LogP) is 2.13. The molecule has 0 aliphatic heterocycles. The summed E-state index contributed by atoms with van der Waals surface area (Å²) < 4.78 is 25.9. The molecule has 0 fully saturated rings. The van der Waals surface area contributed by atoms with E-state index in [0.717, 1.165) is 4.31 Å². The topological polar surface area (TPSA) is 57.6 Å². The molecule has 0 atom stereocenters. The van der Waals surface area contributed by atoms with Gasteiger partial charge in [-0.05, 0) is 12.1 Å². The molecule has 1 rings (SSSR count). The summed E-state index contributed by atoms with van der Waals surface area (Å²) >= 11 is 11.8. The molecule has 0 aliphatic carbocycles. The Balaban J connectivity index is 3.42. The van der Waals surface area contributed by atoms with Crippen molar-refractivity contribution in [3.63, 3.8) is 0 Å². The van der Waals surface area contributed by atoms with Crippen LogP contribution in [-0.4, -0.2) is 30.9 Å². The fourth-order valence-corrected chi connectivity index (χ4v) is 3.76. The van der Waals surface area contributed by atoms with Gasteiger partial charge in [0.2, 0.25) is 10.0 Å². The van der Waals surface area contributed by atoms with Gasteiger partial charge in [0.1, 0.15) is 4.90 Å². The lowest BCUT2D eigenvalue weighted by molar-refractivity contribution is 0.281. The van der Waals surface area contributed by atoms with Gasteiger partial charge in [0, 0.05) is 17.1 Å². The van der Waals surface area contributed by atoms with Crippen molar-refractivity contribution in [3.05, 3.63) is 27.7 Å². The lowest BCUT2D eigenvalue weighted by atomic mass is 10.2. The third kappa shape index (κ3) is 3.22. The van der Waals surface area contributed by atoms with Crippen molar-refractivity contribution in [2.45, 2.75) is 18.4 Å². The SMILES string of the molecule is C#CCN(CC)S(=O)(=O)c1ccc(Cl)c(CO)c1Cl. The summed E-state index contributed by atoms with van der Waals surface area (Å²) in [6, 6.07) is 2.69. The van der Waals surface area contributed by atoms with E-state index in [2.05, 4.69) is 5.92 Å². The second kappa shape index (κ2) is 6.60. The quantitative estimate of drug-likeness (QED) is 0.845. The highest BCUT2D eigenvalue weighted by Crippen LogP contribution is 2.32. The van der Waals surface area contributed by atoms with Crippen LogP contribution in [0.5, 0.6) is 0 Å². The second-order valence-electron chi connectivity index (χ2n) is 3.63. The Morgan fingerprint density at radius 2 is 2.05 bits per heavy atom. The van der Waals surface area contributed by atoms with E-state index in [0.29, 0.717) is 0 Å². The molecule has 19 heavy (non-hydrogen) atoms. The van der Waals surface area contributed by atoms with Gasteiger partial charge in [-0.3, -0.25) is 0 Å². The van der Waals surface area contributed by atoms with Crippen LogP contribution in [0.2, 0.25) is 10.0 Å². The zero-order valence-electron chi connectivity index (χ0n) is 10.2. The number of nitrogens with zero attached hydrogens (tertiary/aromatic N) is 1. The van der Waals surface area contributed by atoms with Gasteiger partial charge in [-0.1, -0.05) is 36.0 Å². The summed E-state index contributed by atoms with van der Waals surface area (Å²) in [5, 5.41) is 9.31. The van der Waals surface area contributed by atoms with Crippen LogP contribution in [0.4, 0.5) is 0 Å². The minimum atomic E-state index is -3.80. The number of rotatable bonds is 5. The Bertz CT molecular complexity index is 608. The molecule has 0 saturated carbocycles. The zero-order valence-corrected chi connectivity index (χ0v) is 12.6. The van der Waals surface area contributed by atoms with Crippen LogP contribution in [0, 0.1) is 12.3 Å². The molecule has 4 nitrogen and oxygen atoms in total. The summed E-state index contributed by atoms with van der Waals surface area (Å²) in [4.78, 5) is -0.111. The molecule has 0 aliphatic rings. The summed E-state index contributed by atoms with van der Waals surface area (Å²) in [6.45, 7) is 1.40. The van der Waals surface area contributed by atoms with Gasteiger partial charge in [-0.15, -0.1) is 6.42 Å². The molecular weight excluding hydrogens is 309 g/mol. The van der Waals surface area contributed by atoms with E-state index in [9.17, 15) is 13.5 Å². The van der Waals surface area contributed by atoms with Gasteiger partial charge in [0.25, 0.3) is 0 Å². The average Bonchev–Trinajstić information content (AvgIpc) is 2.35. The van der Waals surface area contributed by atoms with Gasteiger partial charge in [-0.2, -0.15) is 4.31 Å². The molecule has 0 unspecified atom stereocenters. The first kappa shape index (κ1) is 16.3. The third-order valence-corrected chi connectivity index (χ3v) is 5.41. The minimum Gasteiger partial charge on any atom is -0.392 e. The van der Waals surface area contributed by atoms with Crippen LogP contribution < -0.4 is 0 Å². The highest BCUT2D eigenvalue weighted by atomic mass is 35.5. The van der Waals surface area contributed by atoms with E-state index in [1.54, 1.807) is 6.92 Å². The Labute approximate surface area is 123 Å². The minimum absolute atomic E-state index is 0.0494. The molecule has 0 aromatic heterocycles. The summed E-state index contributed by atoms with van der Waals surface area (Å²) in [5.74, 6) is 2.28. The normalized spacial score (nSPS) is 11.6. The largest absolute Gasteiger partial charge is 0.392 e. The van der Waals surface area contributed by atoms with E-state index in [1.165, 1.54) is 12.1 Å². The van der Waals surface area contributed by atoms with E-state index >= 15 is 0 Å². The molecule has 1 aromatic carbocycles. The van der Waals surface area contributed by atoms with Gasteiger partial charge in [0.05, 0.1) is 18.2 Å². The first-order chi connectivity index (χ1) is 8.89. The van der Waals surface area contributed by atoms with Crippen LogP contribution in [0.3, 0.4) is 0 Å². The molecule has 0 heterocycles. The van der Waals surface area contributed by atoms with Crippen molar-refractivity contribution in [3.8, 4) is 12.3 Å². The highest BCUT2D eigenvalue weighted by molar-refractivity contribution is 7.89. The van der Waals surface area contributed by atoms with Crippen LogP contribution in [0.15, 0.2) is 17.0 Å². The Morgan fingerprint density at radius 3 is 2.53 bits per heavy atom. The van der Waals surface area contributed by atoms with Gasteiger partial charge < -0.3 is 5.11 Å².